The van der Waals surface area contributed by atoms with Crippen LogP contribution in [0.15, 0.2) is 34.1 Å². The van der Waals surface area contributed by atoms with E-state index in [1.54, 1.807) is 12.1 Å². The van der Waals surface area contributed by atoms with E-state index in [-0.39, 0.29) is 16.6 Å². The molecule has 0 aliphatic carbocycles. The molecule has 94 valence electrons. The zero-order valence-electron chi connectivity index (χ0n) is 9.51. The maximum atomic E-state index is 11.9. The summed E-state index contributed by atoms with van der Waals surface area (Å²) in [5.74, 6) is -0.124. The Balaban J connectivity index is 2.57. The minimum atomic E-state index is -3.26. The van der Waals surface area contributed by atoms with E-state index in [0.717, 1.165) is 4.90 Å². The Bertz CT molecular complexity index is 480. The van der Waals surface area contributed by atoms with Crippen molar-refractivity contribution in [2.24, 2.45) is 0 Å². The summed E-state index contributed by atoms with van der Waals surface area (Å²) in [6.07, 6.45) is 0.407. The molecule has 1 N–H and O–H groups in total. The van der Waals surface area contributed by atoms with Crippen LogP contribution in [0.2, 0.25) is 0 Å². The van der Waals surface area contributed by atoms with Crippen molar-refractivity contribution in [2.45, 2.75) is 23.1 Å². The molecule has 0 fully saturated rings. The second-order valence-corrected chi connectivity index (χ2v) is 6.27. The third-order valence-electron chi connectivity index (χ3n) is 2.16. The molecule has 0 saturated carbocycles. The summed E-state index contributed by atoms with van der Waals surface area (Å²) in [4.78, 5) is 11.6. The van der Waals surface area contributed by atoms with Gasteiger partial charge < -0.3 is 5.32 Å². The Kier molecular flexibility index (Phi) is 5.02. The monoisotopic (exact) mass is 273 g/mol. The zero-order chi connectivity index (χ0) is 12.9. The average Bonchev–Trinajstić information content (AvgIpc) is 2.25. The molecule has 1 aromatic rings. The highest BCUT2D eigenvalue weighted by Crippen LogP contribution is 2.14. The van der Waals surface area contributed by atoms with Crippen LogP contribution in [-0.2, 0) is 14.6 Å². The second kappa shape index (κ2) is 6.07. The molecule has 4 nitrogen and oxygen atoms in total. The average molecular weight is 273 g/mol. The Hall–Kier alpha value is -1.01. The van der Waals surface area contributed by atoms with Crippen molar-refractivity contribution < 1.29 is 13.2 Å². The predicted octanol–water partition coefficient (Wildman–Crippen LogP) is 1.28. The fourth-order valence-electron chi connectivity index (χ4n) is 1.30. The third-order valence-corrected chi connectivity index (χ3v) is 4.27. The minimum absolute atomic E-state index is 0.0270. The number of nitrogens with one attached hydrogen (secondary N) is 1. The standard InChI is InChI=1S/C11H15NO3S2/c1-9(13)12-7-2-8-17(14,15)11-5-3-10(16)4-6-11/h3-6,16H,2,7-8H2,1H3,(H,12,13). The summed E-state index contributed by atoms with van der Waals surface area (Å²) < 4.78 is 23.7. The van der Waals surface area contributed by atoms with Gasteiger partial charge in [0.25, 0.3) is 0 Å². The quantitative estimate of drug-likeness (QED) is 0.627. The number of carbonyl (C=O) groups is 1. The predicted molar refractivity (Wildman–Crippen MR) is 69.0 cm³/mol. The fraction of sp³-hybridized carbons (Fsp3) is 0.364. The molecule has 1 rings (SSSR count). The van der Waals surface area contributed by atoms with Crippen molar-refractivity contribution in [1.82, 2.24) is 5.32 Å². The molecular weight excluding hydrogens is 258 g/mol. The smallest absolute Gasteiger partial charge is 0.216 e. The lowest BCUT2D eigenvalue weighted by Gasteiger charge is -2.05. The Morgan fingerprint density at radius 2 is 1.88 bits per heavy atom. The zero-order valence-corrected chi connectivity index (χ0v) is 11.2. The molecule has 6 heteroatoms. The van der Waals surface area contributed by atoms with Gasteiger partial charge in [-0.1, -0.05) is 0 Å². The van der Waals surface area contributed by atoms with Crippen LogP contribution in [0, 0.1) is 0 Å². The number of amides is 1. The van der Waals surface area contributed by atoms with Crippen molar-refractivity contribution in [2.75, 3.05) is 12.3 Å². The molecule has 17 heavy (non-hydrogen) atoms. The van der Waals surface area contributed by atoms with Gasteiger partial charge in [-0.05, 0) is 30.7 Å². The van der Waals surface area contributed by atoms with Crippen LogP contribution >= 0.6 is 12.6 Å². The summed E-state index contributed by atoms with van der Waals surface area (Å²) >= 11 is 4.09. The van der Waals surface area contributed by atoms with Gasteiger partial charge in [0.2, 0.25) is 5.91 Å². The van der Waals surface area contributed by atoms with Gasteiger partial charge in [0, 0.05) is 18.4 Å². The summed E-state index contributed by atoms with van der Waals surface area (Å²) in [5.41, 5.74) is 0. The van der Waals surface area contributed by atoms with Crippen LogP contribution in [-0.4, -0.2) is 26.6 Å². The number of thiol groups is 1. The molecule has 1 amide bonds. The van der Waals surface area contributed by atoms with E-state index in [2.05, 4.69) is 17.9 Å². The molecule has 0 radical (unpaired) electrons. The van der Waals surface area contributed by atoms with Crippen LogP contribution < -0.4 is 5.32 Å². The molecule has 0 saturated heterocycles. The molecule has 0 bridgehead atoms. The summed E-state index contributed by atoms with van der Waals surface area (Å²) in [5, 5.41) is 2.56. The molecule has 0 unspecified atom stereocenters. The number of carbonyl (C=O) groups excluding carboxylic acids is 1. The van der Waals surface area contributed by atoms with E-state index in [0.29, 0.717) is 13.0 Å². The summed E-state index contributed by atoms with van der Waals surface area (Å²) in [6, 6.07) is 6.36. The highest BCUT2D eigenvalue weighted by atomic mass is 32.2. The number of hydrogen-bond donors (Lipinski definition) is 2. The molecule has 0 spiro atoms. The van der Waals surface area contributed by atoms with Crippen molar-refractivity contribution in [3.63, 3.8) is 0 Å². The van der Waals surface area contributed by atoms with Crippen molar-refractivity contribution >= 4 is 28.4 Å². The van der Waals surface area contributed by atoms with E-state index in [1.165, 1.54) is 19.1 Å². The van der Waals surface area contributed by atoms with Gasteiger partial charge in [0.1, 0.15) is 0 Å². The number of sulfone groups is 1. The Morgan fingerprint density at radius 3 is 2.41 bits per heavy atom. The normalized spacial score (nSPS) is 11.2. The molecule has 0 aliphatic heterocycles. The molecule has 0 aromatic heterocycles. The highest BCUT2D eigenvalue weighted by molar-refractivity contribution is 7.91. The van der Waals surface area contributed by atoms with Gasteiger partial charge in [0.15, 0.2) is 9.84 Å². The summed E-state index contributed by atoms with van der Waals surface area (Å²) in [6.45, 7) is 1.78. The second-order valence-electron chi connectivity index (χ2n) is 3.65. The Morgan fingerprint density at radius 1 is 1.29 bits per heavy atom. The van der Waals surface area contributed by atoms with Gasteiger partial charge in [-0.2, -0.15) is 0 Å². The Labute approximate surface area is 107 Å². The van der Waals surface area contributed by atoms with Crippen LogP contribution in [0.4, 0.5) is 0 Å². The lowest BCUT2D eigenvalue weighted by molar-refractivity contribution is -0.118. The molecule has 1 aromatic carbocycles. The lowest BCUT2D eigenvalue weighted by Crippen LogP contribution is -2.23. The topological polar surface area (TPSA) is 63.2 Å². The first kappa shape index (κ1) is 14.1. The third kappa shape index (κ3) is 4.79. The SMILES string of the molecule is CC(=O)NCCCS(=O)(=O)c1ccc(S)cc1. The number of rotatable bonds is 5. The van der Waals surface area contributed by atoms with E-state index in [9.17, 15) is 13.2 Å². The van der Waals surface area contributed by atoms with Gasteiger partial charge in [-0.25, -0.2) is 8.42 Å². The molecule has 0 atom stereocenters. The molecule has 0 aliphatic rings. The van der Waals surface area contributed by atoms with Gasteiger partial charge in [-0.15, -0.1) is 12.6 Å². The first-order valence-corrected chi connectivity index (χ1v) is 7.28. The van der Waals surface area contributed by atoms with Gasteiger partial charge in [-0.3, -0.25) is 4.79 Å². The van der Waals surface area contributed by atoms with E-state index in [1.807, 2.05) is 0 Å². The van der Waals surface area contributed by atoms with Crippen molar-refractivity contribution in [3.8, 4) is 0 Å². The van der Waals surface area contributed by atoms with E-state index in [4.69, 9.17) is 0 Å². The van der Waals surface area contributed by atoms with Crippen molar-refractivity contribution in [1.29, 1.82) is 0 Å². The lowest BCUT2D eigenvalue weighted by atomic mass is 10.4. The highest BCUT2D eigenvalue weighted by Gasteiger charge is 2.13. The largest absolute Gasteiger partial charge is 0.356 e. The van der Waals surface area contributed by atoms with Gasteiger partial charge in [0.05, 0.1) is 10.6 Å². The summed E-state index contributed by atoms with van der Waals surface area (Å²) in [7, 11) is -3.26. The van der Waals surface area contributed by atoms with E-state index < -0.39 is 9.84 Å². The number of benzene rings is 1. The maximum absolute atomic E-state index is 11.9. The minimum Gasteiger partial charge on any atom is -0.356 e. The fourth-order valence-corrected chi connectivity index (χ4v) is 2.76. The maximum Gasteiger partial charge on any atom is 0.216 e. The van der Waals surface area contributed by atoms with Crippen molar-refractivity contribution in [3.05, 3.63) is 24.3 Å². The van der Waals surface area contributed by atoms with Crippen LogP contribution in [0.5, 0.6) is 0 Å². The first-order valence-electron chi connectivity index (χ1n) is 5.18. The van der Waals surface area contributed by atoms with Crippen LogP contribution in [0.25, 0.3) is 0 Å². The molecular formula is C11H15NO3S2. The van der Waals surface area contributed by atoms with E-state index >= 15 is 0 Å². The van der Waals surface area contributed by atoms with Gasteiger partial charge >= 0.3 is 0 Å². The van der Waals surface area contributed by atoms with Crippen LogP contribution in [0.1, 0.15) is 13.3 Å². The van der Waals surface area contributed by atoms with Crippen LogP contribution in [0.3, 0.4) is 0 Å². The first-order chi connectivity index (χ1) is 7.92. The molecule has 0 heterocycles. The number of hydrogen-bond acceptors (Lipinski definition) is 4.